The molecule has 4 aromatic rings. The smallest absolute Gasteiger partial charge is 0.379 e. The predicted molar refractivity (Wildman–Crippen MR) is 104 cm³/mol. The van der Waals surface area contributed by atoms with E-state index in [0.29, 0.717) is 33.1 Å². The second-order valence-electron chi connectivity index (χ2n) is 6.30. The number of Topliss-reactive ketones (excluding diaryl/α,β-unsaturated/α-hetero) is 1. The van der Waals surface area contributed by atoms with Crippen molar-refractivity contribution in [2.45, 2.75) is 0 Å². The lowest BCUT2D eigenvalue weighted by Crippen LogP contribution is -2.07. The van der Waals surface area contributed by atoms with Gasteiger partial charge >= 0.3 is 5.97 Å². The number of benzene rings is 2. The molecule has 0 N–H and O–H groups in total. The minimum absolute atomic E-state index is 0.0400. The minimum atomic E-state index is -0.673. The third-order valence-corrected chi connectivity index (χ3v) is 4.58. The van der Waals surface area contributed by atoms with Crippen LogP contribution in [0.4, 0.5) is 0 Å². The fourth-order valence-corrected chi connectivity index (χ4v) is 3.19. The first-order valence-electron chi connectivity index (χ1n) is 8.60. The number of furan rings is 2. The Kier molecular flexibility index (Phi) is 4.00. The van der Waals surface area contributed by atoms with Crippen molar-refractivity contribution in [2.24, 2.45) is 0 Å². The predicted octanol–water partition coefficient (Wildman–Crippen LogP) is 5.51. The topological polar surface area (TPSA) is 78.9 Å². The van der Waals surface area contributed by atoms with Gasteiger partial charge in [-0.2, -0.15) is 0 Å². The van der Waals surface area contributed by atoms with E-state index in [9.17, 15) is 9.59 Å². The summed E-state index contributed by atoms with van der Waals surface area (Å²) in [5.41, 5.74) is 0.901. The van der Waals surface area contributed by atoms with Crippen LogP contribution in [0, 0.1) is 0 Å². The van der Waals surface area contributed by atoms with Crippen molar-refractivity contribution in [3.63, 3.8) is 0 Å². The van der Waals surface area contributed by atoms with Crippen molar-refractivity contribution < 1.29 is 27.9 Å². The molecule has 1 aliphatic rings. The average molecular weight is 407 g/mol. The van der Waals surface area contributed by atoms with Crippen LogP contribution in [0.5, 0.6) is 11.5 Å². The second kappa shape index (κ2) is 6.68. The Morgan fingerprint density at radius 2 is 1.97 bits per heavy atom. The Balaban J connectivity index is 1.38. The van der Waals surface area contributed by atoms with E-state index < -0.39 is 5.97 Å². The number of ether oxygens (including phenoxy) is 2. The van der Waals surface area contributed by atoms with Crippen molar-refractivity contribution in [1.82, 2.24) is 0 Å². The summed E-state index contributed by atoms with van der Waals surface area (Å²) in [5, 5.41) is 1.23. The molecule has 0 atom stereocenters. The normalized spacial score (nSPS) is 14.2. The highest BCUT2D eigenvalue weighted by atomic mass is 35.5. The molecule has 6 nitrogen and oxygen atoms in total. The number of fused-ring (bicyclic) bond motifs is 2. The van der Waals surface area contributed by atoms with E-state index >= 15 is 0 Å². The van der Waals surface area contributed by atoms with Crippen LogP contribution in [0.15, 0.2) is 75.5 Å². The third-order valence-electron chi connectivity index (χ3n) is 4.35. The number of halogens is 1. The van der Waals surface area contributed by atoms with Crippen LogP contribution in [0.2, 0.25) is 5.02 Å². The lowest BCUT2D eigenvalue weighted by atomic mass is 10.1. The maximum atomic E-state index is 12.4. The van der Waals surface area contributed by atoms with E-state index in [2.05, 4.69) is 0 Å². The molecule has 1 aliphatic heterocycles. The van der Waals surface area contributed by atoms with E-state index in [4.69, 9.17) is 29.9 Å². The van der Waals surface area contributed by atoms with Gasteiger partial charge in [0.1, 0.15) is 22.8 Å². The molecule has 2 aromatic heterocycles. The number of esters is 1. The van der Waals surface area contributed by atoms with Crippen LogP contribution in [0.1, 0.15) is 26.7 Å². The Bertz CT molecular complexity index is 1300. The fourth-order valence-electron chi connectivity index (χ4n) is 3.01. The number of hydrogen-bond acceptors (Lipinski definition) is 6. The van der Waals surface area contributed by atoms with Gasteiger partial charge in [-0.15, -0.1) is 0 Å². The van der Waals surface area contributed by atoms with Crippen molar-refractivity contribution >= 4 is 40.4 Å². The Labute approximate surface area is 168 Å². The molecule has 0 radical (unpaired) electrons. The SMILES string of the molecule is O=C(Oc1ccc2c(c1)O/C(=C\c1ccco1)C2=O)c1cc2cc(Cl)ccc2o1. The van der Waals surface area contributed by atoms with Gasteiger partial charge in [0.2, 0.25) is 11.5 Å². The van der Waals surface area contributed by atoms with E-state index in [1.165, 1.54) is 24.5 Å². The van der Waals surface area contributed by atoms with Gasteiger partial charge in [-0.05, 0) is 48.5 Å². The number of carbonyl (C=O) groups is 2. The summed E-state index contributed by atoms with van der Waals surface area (Å²) in [6.07, 6.45) is 3.01. The Hall–Kier alpha value is -3.77. The van der Waals surface area contributed by atoms with E-state index in [1.54, 1.807) is 42.5 Å². The average Bonchev–Trinajstić information content (AvgIpc) is 3.42. The molecule has 0 aliphatic carbocycles. The molecular weight excluding hydrogens is 396 g/mol. The van der Waals surface area contributed by atoms with Gasteiger partial charge in [-0.25, -0.2) is 4.79 Å². The zero-order chi connectivity index (χ0) is 20.0. The molecule has 3 heterocycles. The summed E-state index contributed by atoms with van der Waals surface area (Å²) in [5.74, 6) is 0.244. The first kappa shape index (κ1) is 17.3. The Morgan fingerprint density at radius 3 is 2.79 bits per heavy atom. The number of carbonyl (C=O) groups excluding carboxylic acids is 2. The molecule has 5 rings (SSSR count). The highest BCUT2D eigenvalue weighted by Gasteiger charge is 2.28. The van der Waals surface area contributed by atoms with Crippen molar-refractivity contribution in [1.29, 1.82) is 0 Å². The number of allylic oxidation sites excluding steroid dienone is 1. The number of rotatable bonds is 3. The summed E-state index contributed by atoms with van der Waals surface area (Å²) in [6.45, 7) is 0. The first-order chi connectivity index (χ1) is 14.1. The minimum Gasteiger partial charge on any atom is -0.465 e. The van der Waals surface area contributed by atoms with Crippen LogP contribution >= 0.6 is 11.6 Å². The van der Waals surface area contributed by atoms with Crippen LogP contribution in [-0.2, 0) is 0 Å². The van der Waals surface area contributed by atoms with Gasteiger partial charge in [-0.3, -0.25) is 4.79 Å². The molecule has 0 bridgehead atoms. The fraction of sp³-hybridized carbons (Fsp3) is 0. The summed E-state index contributed by atoms with van der Waals surface area (Å²) in [7, 11) is 0. The summed E-state index contributed by atoms with van der Waals surface area (Å²) in [6, 6.07) is 14.6. The second-order valence-corrected chi connectivity index (χ2v) is 6.73. The van der Waals surface area contributed by atoms with Crippen LogP contribution in [0.3, 0.4) is 0 Å². The van der Waals surface area contributed by atoms with Crippen LogP contribution in [-0.4, -0.2) is 11.8 Å². The summed E-state index contributed by atoms with van der Waals surface area (Å²) in [4.78, 5) is 24.9. The Morgan fingerprint density at radius 1 is 1.07 bits per heavy atom. The highest BCUT2D eigenvalue weighted by Crippen LogP contribution is 2.35. The van der Waals surface area contributed by atoms with E-state index in [0.717, 1.165) is 0 Å². The lowest BCUT2D eigenvalue weighted by molar-refractivity contribution is 0.0703. The standard InChI is InChI=1S/C22H11ClO6/c23-13-3-6-17-12(8-13)9-20(28-17)22(25)27-15-4-5-16-18(11-15)29-19(21(16)24)10-14-2-1-7-26-14/h1-11H/b19-10-. The van der Waals surface area contributed by atoms with Crippen molar-refractivity contribution in [3.8, 4) is 11.5 Å². The molecule has 0 unspecified atom stereocenters. The number of hydrogen-bond donors (Lipinski definition) is 0. The molecule has 29 heavy (non-hydrogen) atoms. The van der Waals surface area contributed by atoms with Crippen LogP contribution < -0.4 is 9.47 Å². The van der Waals surface area contributed by atoms with Crippen molar-refractivity contribution in [3.05, 3.63) is 88.7 Å². The van der Waals surface area contributed by atoms with Gasteiger partial charge in [0.05, 0.1) is 11.8 Å². The maximum absolute atomic E-state index is 12.4. The quantitative estimate of drug-likeness (QED) is 0.253. The molecule has 0 fully saturated rings. The van der Waals surface area contributed by atoms with Gasteiger partial charge in [0, 0.05) is 22.6 Å². The van der Waals surface area contributed by atoms with E-state index in [-0.39, 0.29) is 23.1 Å². The van der Waals surface area contributed by atoms with Gasteiger partial charge in [0.15, 0.2) is 5.76 Å². The molecular formula is C22H11ClO6. The highest BCUT2D eigenvalue weighted by molar-refractivity contribution is 6.31. The molecule has 0 saturated heterocycles. The van der Waals surface area contributed by atoms with Gasteiger partial charge in [0.25, 0.3) is 0 Å². The monoisotopic (exact) mass is 406 g/mol. The molecule has 2 aromatic carbocycles. The molecule has 0 saturated carbocycles. The molecule has 0 amide bonds. The van der Waals surface area contributed by atoms with Gasteiger partial charge in [-0.1, -0.05) is 11.6 Å². The molecule has 142 valence electrons. The van der Waals surface area contributed by atoms with E-state index in [1.807, 2.05) is 0 Å². The van der Waals surface area contributed by atoms with Crippen molar-refractivity contribution in [2.75, 3.05) is 0 Å². The first-order valence-corrected chi connectivity index (χ1v) is 8.98. The lowest BCUT2D eigenvalue weighted by Gasteiger charge is -2.03. The third kappa shape index (κ3) is 3.19. The molecule has 7 heteroatoms. The van der Waals surface area contributed by atoms with Gasteiger partial charge < -0.3 is 18.3 Å². The molecule has 0 spiro atoms. The summed E-state index contributed by atoms with van der Waals surface area (Å²) < 4.78 is 21.7. The number of ketones is 1. The maximum Gasteiger partial charge on any atom is 0.379 e. The summed E-state index contributed by atoms with van der Waals surface area (Å²) >= 11 is 5.95. The van der Waals surface area contributed by atoms with Crippen LogP contribution in [0.25, 0.3) is 17.0 Å². The zero-order valence-corrected chi connectivity index (χ0v) is 15.4. The zero-order valence-electron chi connectivity index (χ0n) is 14.7. The largest absolute Gasteiger partial charge is 0.465 e.